The van der Waals surface area contributed by atoms with Crippen LogP contribution in [0.15, 0.2) is 0 Å². The fourth-order valence-electron chi connectivity index (χ4n) is 1.29. The van der Waals surface area contributed by atoms with E-state index in [2.05, 4.69) is 9.46 Å². The minimum atomic E-state index is -4.22. The zero-order valence-electron chi connectivity index (χ0n) is 13.2. The van der Waals surface area contributed by atoms with E-state index in [0.717, 1.165) is 0 Å². The molecule has 0 rings (SSSR count). The van der Waals surface area contributed by atoms with Crippen molar-refractivity contribution < 1.29 is 27.5 Å². The molecule has 0 aromatic heterocycles. The molecule has 0 heterocycles. The van der Waals surface area contributed by atoms with Crippen molar-refractivity contribution in [1.29, 1.82) is 0 Å². The lowest BCUT2D eigenvalue weighted by atomic mass is 10.1. The van der Waals surface area contributed by atoms with E-state index in [1.165, 1.54) is 6.92 Å². The molecule has 1 amide bonds. The van der Waals surface area contributed by atoms with E-state index in [-0.39, 0.29) is 12.5 Å². The van der Waals surface area contributed by atoms with Gasteiger partial charge in [0.15, 0.2) is 0 Å². The van der Waals surface area contributed by atoms with E-state index >= 15 is 0 Å². The molecule has 0 bridgehead atoms. The van der Waals surface area contributed by atoms with Crippen molar-refractivity contribution in [3.63, 3.8) is 0 Å². The Bertz CT molecular complexity index is 467. The molecule has 0 aliphatic rings. The van der Waals surface area contributed by atoms with Crippen molar-refractivity contribution in [3.8, 4) is 0 Å². The summed E-state index contributed by atoms with van der Waals surface area (Å²) < 4.78 is 36.9. The molecule has 0 aliphatic heterocycles. The summed E-state index contributed by atoms with van der Waals surface area (Å²) in [6, 6.07) is -1.11. The average Bonchev–Trinajstić information content (AvgIpc) is 2.22. The first-order chi connectivity index (χ1) is 9.38. The molecule has 0 radical (unpaired) electrons. The van der Waals surface area contributed by atoms with Crippen molar-refractivity contribution in [1.82, 2.24) is 9.44 Å². The van der Waals surface area contributed by atoms with Crippen LogP contribution in [0.4, 0.5) is 4.79 Å². The summed E-state index contributed by atoms with van der Waals surface area (Å²) >= 11 is 0. The molecular weight excluding hydrogens is 300 g/mol. The van der Waals surface area contributed by atoms with Crippen LogP contribution in [-0.4, -0.2) is 38.7 Å². The fraction of sp³-hybridized carbons (Fsp3) is 0.833. The molecule has 0 fully saturated rings. The van der Waals surface area contributed by atoms with Crippen LogP contribution in [0.2, 0.25) is 0 Å². The minimum Gasteiger partial charge on any atom is -0.459 e. The van der Waals surface area contributed by atoms with Crippen LogP contribution in [0.1, 0.15) is 41.5 Å². The highest BCUT2D eigenvalue weighted by Crippen LogP contribution is 2.12. The molecule has 0 saturated carbocycles. The number of hydrogen-bond acceptors (Lipinski definition) is 6. The number of rotatable bonds is 6. The normalized spacial score (nSPS) is 13.7. The van der Waals surface area contributed by atoms with Gasteiger partial charge in [0.2, 0.25) is 0 Å². The highest BCUT2D eigenvalue weighted by molar-refractivity contribution is 7.88. The predicted octanol–water partition coefficient (Wildman–Crippen LogP) is 0.933. The van der Waals surface area contributed by atoms with E-state index in [1.54, 1.807) is 39.3 Å². The van der Waals surface area contributed by atoms with Crippen LogP contribution in [0, 0.1) is 5.92 Å². The third kappa shape index (κ3) is 8.51. The number of amides is 1. The Hall–Kier alpha value is -1.35. The number of hydrogen-bond donors (Lipinski definition) is 2. The minimum absolute atomic E-state index is 0.0288. The summed E-state index contributed by atoms with van der Waals surface area (Å²) in [6.07, 6.45) is -1.11. The maximum absolute atomic E-state index is 12.0. The molecule has 0 saturated heterocycles. The van der Waals surface area contributed by atoms with Gasteiger partial charge in [-0.25, -0.2) is 9.52 Å². The molecule has 1 atom stereocenters. The number of esters is 1. The van der Waals surface area contributed by atoms with Crippen LogP contribution < -0.4 is 9.44 Å². The second kappa shape index (κ2) is 7.60. The Morgan fingerprint density at radius 3 is 2.10 bits per heavy atom. The Kier molecular flexibility index (Phi) is 7.11. The molecule has 0 unspecified atom stereocenters. The topological polar surface area (TPSA) is 111 Å². The number of carbonyl (C=O) groups is 2. The van der Waals surface area contributed by atoms with E-state index in [4.69, 9.17) is 4.74 Å². The summed E-state index contributed by atoms with van der Waals surface area (Å²) in [5.74, 6) is -1.08. The van der Waals surface area contributed by atoms with Gasteiger partial charge in [0.05, 0.1) is 6.61 Å². The van der Waals surface area contributed by atoms with E-state index in [1.807, 2.05) is 0 Å². The highest BCUT2D eigenvalue weighted by Gasteiger charge is 2.32. The van der Waals surface area contributed by atoms with Crippen LogP contribution in [-0.2, 0) is 24.5 Å². The van der Waals surface area contributed by atoms with Gasteiger partial charge in [-0.2, -0.15) is 13.1 Å². The van der Waals surface area contributed by atoms with Crippen LogP contribution in [0.25, 0.3) is 0 Å². The van der Waals surface area contributed by atoms with Gasteiger partial charge in [0.1, 0.15) is 11.6 Å². The maximum atomic E-state index is 12.0. The second-order valence-corrected chi connectivity index (χ2v) is 7.15. The van der Waals surface area contributed by atoms with Crippen LogP contribution in [0.3, 0.4) is 0 Å². The Morgan fingerprint density at radius 1 is 1.19 bits per heavy atom. The van der Waals surface area contributed by atoms with Gasteiger partial charge in [0, 0.05) is 0 Å². The number of ether oxygens (including phenoxy) is 2. The molecule has 2 N–H and O–H groups in total. The smallest absolute Gasteiger partial charge is 0.421 e. The summed E-state index contributed by atoms with van der Waals surface area (Å²) in [6.45, 7) is 9.90. The summed E-state index contributed by atoms with van der Waals surface area (Å²) in [5, 5.41) is 0. The zero-order chi connectivity index (χ0) is 16.8. The standard InChI is InChI=1S/C12H24N2O6S/c1-7-19-11(16)14-21(17,18)13-9(8(2)3)10(15)20-12(4,5)6/h8-9,13H,7H2,1-6H3,(H,14,16)/t9-/m1/s1. The zero-order valence-corrected chi connectivity index (χ0v) is 14.0. The third-order valence-electron chi connectivity index (χ3n) is 2.10. The molecule has 0 spiro atoms. The summed E-state index contributed by atoms with van der Waals surface area (Å²) in [5.41, 5.74) is -0.746. The number of nitrogens with one attached hydrogen (secondary N) is 2. The lowest BCUT2D eigenvalue weighted by molar-refractivity contribution is -0.158. The molecule has 8 nitrogen and oxygen atoms in total. The van der Waals surface area contributed by atoms with Crippen molar-refractivity contribution in [3.05, 3.63) is 0 Å². The van der Waals surface area contributed by atoms with Crippen molar-refractivity contribution in [2.75, 3.05) is 6.61 Å². The van der Waals surface area contributed by atoms with Gasteiger partial charge in [-0.1, -0.05) is 13.8 Å². The van der Waals surface area contributed by atoms with Crippen molar-refractivity contribution in [2.45, 2.75) is 53.2 Å². The first-order valence-electron chi connectivity index (χ1n) is 6.57. The van der Waals surface area contributed by atoms with Gasteiger partial charge in [-0.05, 0) is 33.6 Å². The largest absolute Gasteiger partial charge is 0.459 e. The van der Waals surface area contributed by atoms with Gasteiger partial charge >= 0.3 is 22.3 Å². The molecule has 0 aromatic rings. The van der Waals surface area contributed by atoms with Crippen molar-refractivity contribution in [2.24, 2.45) is 5.92 Å². The van der Waals surface area contributed by atoms with Gasteiger partial charge in [0.25, 0.3) is 0 Å². The van der Waals surface area contributed by atoms with Gasteiger partial charge in [-0.3, -0.25) is 4.79 Å². The van der Waals surface area contributed by atoms with Gasteiger partial charge in [-0.15, -0.1) is 0 Å². The molecule has 0 aromatic carbocycles. The highest BCUT2D eigenvalue weighted by atomic mass is 32.2. The first kappa shape index (κ1) is 19.7. The Morgan fingerprint density at radius 2 is 1.71 bits per heavy atom. The molecular formula is C12H24N2O6S. The lowest BCUT2D eigenvalue weighted by Gasteiger charge is -2.26. The summed E-state index contributed by atoms with van der Waals surface area (Å²) in [7, 11) is -4.22. The first-order valence-corrected chi connectivity index (χ1v) is 8.06. The predicted molar refractivity (Wildman–Crippen MR) is 76.7 cm³/mol. The van der Waals surface area contributed by atoms with E-state index in [9.17, 15) is 18.0 Å². The average molecular weight is 324 g/mol. The lowest BCUT2D eigenvalue weighted by Crippen LogP contribution is -2.51. The Balaban J connectivity index is 4.93. The molecule has 21 heavy (non-hydrogen) atoms. The quantitative estimate of drug-likeness (QED) is 0.703. The molecule has 9 heteroatoms. The van der Waals surface area contributed by atoms with Crippen LogP contribution in [0.5, 0.6) is 0 Å². The van der Waals surface area contributed by atoms with E-state index < -0.39 is 33.9 Å². The molecule has 124 valence electrons. The molecule has 0 aliphatic carbocycles. The SMILES string of the molecule is CCOC(=O)NS(=O)(=O)N[C@@H](C(=O)OC(C)(C)C)C(C)C. The maximum Gasteiger partial charge on any atom is 0.421 e. The monoisotopic (exact) mass is 324 g/mol. The fourth-order valence-corrected chi connectivity index (χ4v) is 2.33. The second-order valence-electron chi connectivity index (χ2n) is 5.70. The van der Waals surface area contributed by atoms with Crippen LogP contribution >= 0.6 is 0 Å². The van der Waals surface area contributed by atoms with Gasteiger partial charge < -0.3 is 9.47 Å². The van der Waals surface area contributed by atoms with Crippen molar-refractivity contribution >= 4 is 22.3 Å². The number of carbonyl (C=O) groups excluding carboxylic acids is 2. The summed E-state index contributed by atoms with van der Waals surface area (Å²) in [4.78, 5) is 23.1. The third-order valence-corrected chi connectivity index (χ3v) is 3.10. The Labute approximate surface area is 125 Å². The van der Waals surface area contributed by atoms with E-state index in [0.29, 0.717) is 0 Å².